The molecule has 278 valence electrons. The van der Waals surface area contributed by atoms with Gasteiger partial charge in [-0.3, -0.25) is 0 Å². The van der Waals surface area contributed by atoms with Crippen LogP contribution in [0.1, 0.15) is 0 Å². The Kier molecular flexibility index (Phi) is 6.95. The first-order valence-corrected chi connectivity index (χ1v) is 20.3. The van der Waals surface area contributed by atoms with Crippen LogP contribution in [-0.4, -0.2) is 19.5 Å². The highest BCUT2D eigenvalue weighted by Gasteiger charge is 2.22. The number of benzene rings is 10. The van der Waals surface area contributed by atoms with Crippen molar-refractivity contribution < 1.29 is 4.42 Å². The van der Waals surface area contributed by atoms with Gasteiger partial charge in [0.1, 0.15) is 11.2 Å². The molecule has 0 bridgehead atoms. The van der Waals surface area contributed by atoms with Crippen molar-refractivity contribution >= 4 is 86.8 Å². The molecule has 60 heavy (non-hydrogen) atoms. The third-order valence-corrected chi connectivity index (χ3v) is 12.2. The molecule has 0 unspecified atom stereocenters. The molecule has 0 atom stereocenters. The molecule has 5 nitrogen and oxygen atoms in total. The fraction of sp³-hybridized carbons (Fsp3) is 0. The third-order valence-electron chi connectivity index (χ3n) is 12.2. The van der Waals surface area contributed by atoms with Gasteiger partial charge in [-0.2, -0.15) is 0 Å². The number of hydrogen-bond acceptors (Lipinski definition) is 4. The maximum Gasteiger partial charge on any atom is 0.164 e. The summed E-state index contributed by atoms with van der Waals surface area (Å²) in [7, 11) is 0. The molecule has 0 saturated heterocycles. The van der Waals surface area contributed by atoms with E-state index in [4.69, 9.17) is 19.4 Å². The minimum Gasteiger partial charge on any atom is -0.455 e. The summed E-state index contributed by atoms with van der Waals surface area (Å²) in [4.78, 5) is 15.4. The number of fused-ring (bicyclic) bond motifs is 12. The molecule has 3 heterocycles. The van der Waals surface area contributed by atoms with Crippen LogP contribution in [0.15, 0.2) is 199 Å². The standard InChI is InChI=1S/C55H32N4O/c1-2-15-35(16-3-1)53-56-54(58-55(57-53)43-24-12-19-33-13-6-8-20-39(33)43)38-26-28-50-44(30-38)45-32-49(41-22-10-11-23-42(41)52(45)60-50)59-47-27-25-34-14-7-9-21-40(34)51(47)46-29-36-17-4-5-18-37(36)31-48(46)59/h1-32H. The van der Waals surface area contributed by atoms with Gasteiger partial charge < -0.3 is 8.98 Å². The van der Waals surface area contributed by atoms with E-state index in [-0.39, 0.29) is 0 Å². The van der Waals surface area contributed by atoms with Crippen molar-refractivity contribution in [2.45, 2.75) is 0 Å². The Bertz CT molecular complexity index is 3890. The molecule has 0 aliphatic carbocycles. The molecule has 0 N–H and O–H groups in total. The monoisotopic (exact) mass is 764 g/mol. The molecule has 0 spiro atoms. The molecule has 0 amide bonds. The van der Waals surface area contributed by atoms with E-state index in [1.807, 2.05) is 30.3 Å². The Morgan fingerprint density at radius 3 is 1.80 bits per heavy atom. The molecule has 0 fully saturated rings. The third kappa shape index (κ3) is 4.90. The first kappa shape index (κ1) is 32.9. The Balaban J connectivity index is 1.09. The molecule has 0 aliphatic rings. The minimum atomic E-state index is 0.602. The summed E-state index contributed by atoms with van der Waals surface area (Å²) in [6.07, 6.45) is 0. The minimum absolute atomic E-state index is 0.602. The highest BCUT2D eigenvalue weighted by atomic mass is 16.3. The topological polar surface area (TPSA) is 56.7 Å². The van der Waals surface area contributed by atoms with Gasteiger partial charge in [-0.15, -0.1) is 0 Å². The number of furan rings is 1. The highest BCUT2D eigenvalue weighted by molar-refractivity contribution is 6.25. The summed E-state index contributed by atoms with van der Waals surface area (Å²) in [6.45, 7) is 0. The van der Waals surface area contributed by atoms with E-state index in [9.17, 15) is 0 Å². The predicted octanol–water partition coefficient (Wildman–Crippen LogP) is 14.5. The van der Waals surface area contributed by atoms with Gasteiger partial charge in [0, 0.05) is 49.0 Å². The van der Waals surface area contributed by atoms with Gasteiger partial charge in [-0.25, -0.2) is 15.0 Å². The van der Waals surface area contributed by atoms with Crippen molar-refractivity contribution in [1.29, 1.82) is 0 Å². The van der Waals surface area contributed by atoms with Crippen LogP contribution in [0.4, 0.5) is 0 Å². The van der Waals surface area contributed by atoms with Gasteiger partial charge in [-0.05, 0) is 74.8 Å². The van der Waals surface area contributed by atoms with Crippen molar-refractivity contribution in [3.05, 3.63) is 194 Å². The second kappa shape index (κ2) is 12.7. The summed E-state index contributed by atoms with van der Waals surface area (Å²) >= 11 is 0. The summed E-state index contributed by atoms with van der Waals surface area (Å²) in [5, 5.41) is 13.8. The molecule has 0 radical (unpaired) electrons. The number of rotatable bonds is 4. The van der Waals surface area contributed by atoms with E-state index in [0.717, 1.165) is 76.9 Å². The molecular weight excluding hydrogens is 733 g/mol. The number of aromatic nitrogens is 4. The van der Waals surface area contributed by atoms with Crippen LogP contribution < -0.4 is 0 Å². The quantitative estimate of drug-likeness (QED) is 0.179. The van der Waals surface area contributed by atoms with Crippen molar-refractivity contribution in [1.82, 2.24) is 19.5 Å². The van der Waals surface area contributed by atoms with E-state index >= 15 is 0 Å². The number of hydrogen-bond donors (Lipinski definition) is 0. The van der Waals surface area contributed by atoms with Gasteiger partial charge in [0.15, 0.2) is 17.5 Å². The molecular formula is C55H32N4O. The lowest BCUT2D eigenvalue weighted by atomic mass is 10.0. The Labute approximate surface area is 343 Å². The van der Waals surface area contributed by atoms with Crippen LogP contribution in [0.25, 0.3) is 127 Å². The lowest BCUT2D eigenvalue weighted by Gasteiger charge is -2.13. The van der Waals surface area contributed by atoms with Crippen molar-refractivity contribution in [2.75, 3.05) is 0 Å². The molecule has 0 saturated carbocycles. The average Bonchev–Trinajstić information content (AvgIpc) is 3.85. The number of nitrogens with zero attached hydrogens (tertiary/aromatic N) is 4. The molecule has 10 aromatic carbocycles. The second-order valence-corrected chi connectivity index (χ2v) is 15.6. The Morgan fingerprint density at radius 2 is 0.983 bits per heavy atom. The van der Waals surface area contributed by atoms with Crippen LogP contribution in [-0.2, 0) is 0 Å². The van der Waals surface area contributed by atoms with Gasteiger partial charge in [0.05, 0.1) is 16.7 Å². The first-order chi connectivity index (χ1) is 29.7. The highest BCUT2D eigenvalue weighted by Crippen LogP contribution is 2.44. The normalized spacial score (nSPS) is 12.0. The van der Waals surface area contributed by atoms with E-state index < -0.39 is 0 Å². The zero-order valence-electron chi connectivity index (χ0n) is 32.2. The lowest BCUT2D eigenvalue weighted by Crippen LogP contribution is -2.00. The molecule has 13 rings (SSSR count). The summed E-state index contributed by atoms with van der Waals surface area (Å²) in [5.74, 6) is 1.86. The van der Waals surface area contributed by atoms with Crippen LogP contribution >= 0.6 is 0 Å². The Hall–Kier alpha value is -8.15. The van der Waals surface area contributed by atoms with E-state index in [2.05, 4.69) is 168 Å². The zero-order chi connectivity index (χ0) is 39.3. The Morgan fingerprint density at radius 1 is 0.350 bits per heavy atom. The van der Waals surface area contributed by atoms with Crippen LogP contribution in [0.5, 0.6) is 0 Å². The summed E-state index contributed by atoms with van der Waals surface area (Å²) in [5.41, 5.74) is 7.87. The van der Waals surface area contributed by atoms with E-state index in [1.54, 1.807) is 0 Å². The maximum atomic E-state index is 6.79. The SMILES string of the molecule is c1ccc(-c2nc(-c3ccc4oc5c6ccccc6c(-n6c7cc8ccccc8cc7c7c8ccccc8ccc76)cc5c4c3)nc(-c3cccc4ccccc34)n2)cc1. The van der Waals surface area contributed by atoms with Crippen molar-refractivity contribution in [3.63, 3.8) is 0 Å². The molecule has 5 heteroatoms. The molecule has 13 aromatic rings. The van der Waals surface area contributed by atoms with Gasteiger partial charge in [0.2, 0.25) is 0 Å². The van der Waals surface area contributed by atoms with Crippen molar-refractivity contribution in [3.8, 4) is 39.9 Å². The first-order valence-electron chi connectivity index (χ1n) is 20.3. The van der Waals surface area contributed by atoms with Gasteiger partial charge in [-0.1, -0.05) is 152 Å². The van der Waals surface area contributed by atoms with E-state index in [1.165, 1.54) is 32.3 Å². The molecule has 3 aromatic heterocycles. The van der Waals surface area contributed by atoms with Crippen LogP contribution in [0, 0.1) is 0 Å². The fourth-order valence-electron chi connectivity index (χ4n) is 9.40. The maximum absolute atomic E-state index is 6.79. The average molecular weight is 765 g/mol. The van der Waals surface area contributed by atoms with Crippen LogP contribution in [0.2, 0.25) is 0 Å². The fourth-order valence-corrected chi connectivity index (χ4v) is 9.40. The van der Waals surface area contributed by atoms with Crippen molar-refractivity contribution in [2.24, 2.45) is 0 Å². The van der Waals surface area contributed by atoms with Gasteiger partial charge in [0.25, 0.3) is 0 Å². The largest absolute Gasteiger partial charge is 0.455 e. The van der Waals surface area contributed by atoms with Gasteiger partial charge >= 0.3 is 0 Å². The van der Waals surface area contributed by atoms with E-state index in [0.29, 0.717) is 17.5 Å². The summed E-state index contributed by atoms with van der Waals surface area (Å²) < 4.78 is 9.25. The lowest BCUT2D eigenvalue weighted by molar-refractivity contribution is 0.672. The smallest absolute Gasteiger partial charge is 0.164 e. The predicted molar refractivity (Wildman–Crippen MR) is 248 cm³/mol. The summed E-state index contributed by atoms with van der Waals surface area (Å²) in [6, 6.07) is 68.6. The zero-order valence-corrected chi connectivity index (χ0v) is 32.2. The van der Waals surface area contributed by atoms with Crippen LogP contribution in [0.3, 0.4) is 0 Å². The molecule has 0 aliphatic heterocycles. The second-order valence-electron chi connectivity index (χ2n) is 15.6.